The van der Waals surface area contributed by atoms with Crippen LogP contribution in [0, 0.1) is 5.92 Å². The molecule has 1 unspecified atom stereocenters. The second-order valence-corrected chi connectivity index (χ2v) is 8.15. The molecule has 0 amide bonds. The van der Waals surface area contributed by atoms with Gasteiger partial charge < -0.3 is 15.4 Å². The molecule has 0 bridgehead atoms. The molecule has 3 rings (SSSR count). The maximum atomic E-state index is 12.6. The molecule has 5 nitrogen and oxygen atoms in total. The molecule has 30 heavy (non-hydrogen) atoms. The fourth-order valence-electron chi connectivity index (χ4n) is 3.59. The smallest absolute Gasteiger partial charge is 0.387 e. The Kier molecular flexibility index (Phi) is 10.8. The van der Waals surface area contributed by atoms with Crippen molar-refractivity contribution in [2.75, 3.05) is 26.7 Å². The van der Waals surface area contributed by atoms with E-state index in [2.05, 4.69) is 42.8 Å². The van der Waals surface area contributed by atoms with Crippen LogP contribution in [0.5, 0.6) is 5.75 Å². The van der Waals surface area contributed by atoms with Crippen LogP contribution in [0.2, 0.25) is 0 Å². The van der Waals surface area contributed by atoms with Gasteiger partial charge in [0.25, 0.3) is 0 Å². The van der Waals surface area contributed by atoms with Crippen LogP contribution in [0.3, 0.4) is 0 Å². The van der Waals surface area contributed by atoms with E-state index in [0.29, 0.717) is 24.0 Å². The topological polar surface area (TPSA) is 48.9 Å². The lowest BCUT2D eigenvalue weighted by molar-refractivity contribution is -0.0504. The van der Waals surface area contributed by atoms with Gasteiger partial charge in [-0.05, 0) is 42.8 Å². The molecule has 1 aliphatic rings. The highest BCUT2D eigenvalue weighted by atomic mass is 127. The number of halogens is 3. The molecule has 2 heterocycles. The molecule has 1 fully saturated rings. The molecule has 1 aliphatic heterocycles. The third-order valence-corrected chi connectivity index (χ3v) is 5.84. The number of ether oxygens (including phenoxy) is 1. The highest BCUT2D eigenvalue weighted by molar-refractivity contribution is 14.0. The molecule has 0 aliphatic carbocycles. The van der Waals surface area contributed by atoms with Crippen LogP contribution < -0.4 is 15.4 Å². The number of nitrogens with zero attached hydrogens (tertiary/aromatic N) is 2. The maximum Gasteiger partial charge on any atom is 0.387 e. The van der Waals surface area contributed by atoms with Crippen LogP contribution in [-0.2, 0) is 13.1 Å². The normalized spacial score (nSPS) is 17.5. The first-order chi connectivity index (χ1) is 14.1. The minimum Gasteiger partial charge on any atom is -0.434 e. The Bertz CT molecular complexity index is 776. The highest BCUT2D eigenvalue weighted by Gasteiger charge is 2.20. The highest BCUT2D eigenvalue weighted by Crippen LogP contribution is 2.21. The lowest BCUT2D eigenvalue weighted by Gasteiger charge is -2.32. The Labute approximate surface area is 197 Å². The van der Waals surface area contributed by atoms with Crippen molar-refractivity contribution in [3.63, 3.8) is 0 Å². The second kappa shape index (κ2) is 13.1. The molecule has 2 aromatic rings. The van der Waals surface area contributed by atoms with E-state index in [1.165, 1.54) is 17.7 Å². The monoisotopic (exact) mass is 550 g/mol. The Balaban J connectivity index is 0.00000320. The van der Waals surface area contributed by atoms with Gasteiger partial charge in [0.15, 0.2) is 5.96 Å². The fraction of sp³-hybridized carbons (Fsp3) is 0.476. The number of benzene rings is 1. The van der Waals surface area contributed by atoms with Crippen LogP contribution in [0.1, 0.15) is 23.3 Å². The number of piperidine rings is 1. The molecule has 2 N–H and O–H groups in total. The number of nitrogens with one attached hydrogen (secondary N) is 2. The summed E-state index contributed by atoms with van der Waals surface area (Å²) in [5.74, 6) is 1.39. The molecule has 0 spiro atoms. The van der Waals surface area contributed by atoms with Crippen molar-refractivity contribution in [2.45, 2.75) is 32.5 Å². The van der Waals surface area contributed by atoms with Gasteiger partial charge in [-0.2, -0.15) is 8.78 Å². The van der Waals surface area contributed by atoms with Crippen molar-refractivity contribution in [3.05, 3.63) is 52.2 Å². The summed E-state index contributed by atoms with van der Waals surface area (Å²) in [4.78, 5) is 8.16. The quantitative estimate of drug-likeness (QED) is 0.288. The van der Waals surface area contributed by atoms with Gasteiger partial charge in [-0.25, -0.2) is 0 Å². The number of guanidine groups is 1. The van der Waals surface area contributed by atoms with Gasteiger partial charge in [0.05, 0.1) is 0 Å². The number of thiophene rings is 1. The van der Waals surface area contributed by atoms with E-state index >= 15 is 0 Å². The summed E-state index contributed by atoms with van der Waals surface area (Å²) in [6.45, 7) is 1.57. The fourth-order valence-corrected chi connectivity index (χ4v) is 4.33. The number of rotatable bonds is 8. The van der Waals surface area contributed by atoms with Gasteiger partial charge in [0.1, 0.15) is 5.75 Å². The summed E-state index contributed by atoms with van der Waals surface area (Å²) in [6, 6.07) is 11.1. The molecule has 1 saturated heterocycles. The van der Waals surface area contributed by atoms with E-state index < -0.39 is 6.61 Å². The lowest BCUT2D eigenvalue weighted by atomic mass is 9.98. The zero-order valence-electron chi connectivity index (χ0n) is 17.0. The van der Waals surface area contributed by atoms with Crippen LogP contribution in [-0.4, -0.2) is 44.2 Å². The minimum absolute atomic E-state index is 0. The van der Waals surface area contributed by atoms with E-state index in [0.717, 1.165) is 26.2 Å². The third kappa shape index (κ3) is 7.99. The molecule has 1 atom stereocenters. The van der Waals surface area contributed by atoms with Gasteiger partial charge >= 0.3 is 6.61 Å². The first-order valence-corrected chi connectivity index (χ1v) is 10.7. The number of para-hydroxylation sites is 1. The number of hydrogen-bond donors (Lipinski definition) is 2. The molecule has 0 saturated carbocycles. The second-order valence-electron chi connectivity index (χ2n) is 7.12. The molecule has 1 aromatic carbocycles. The average molecular weight is 550 g/mol. The first kappa shape index (κ1) is 24.8. The number of aliphatic imine (C=N–C) groups is 1. The van der Waals surface area contributed by atoms with Gasteiger partial charge in [-0.15, -0.1) is 35.3 Å². The zero-order chi connectivity index (χ0) is 20.5. The number of alkyl halides is 2. The summed E-state index contributed by atoms with van der Waals surface area (Å²) in [7, 11) is 1.71. The lowest BCUT2D eigenvalue weighted by Crippen LogP contribution is -2.44. The van der Waals surface area contributed by atoms with Gasteiger partial charge in [0.2, 0.25) is 0 Å². The predicted octanol–water partition coefficient (Wildman–Crippen LogP) is 4.54. The van der Waals surface area contributed by atoms with Crippen LogP contribution in [0.15, 0.2) is 46.8 Å². The van der Waals surface area contributed by atoms with Crippen molar-refractivity contribution in [1.82, 2.24) is 15.5 Å². The SMILES string of the molecule is CN=C(NCc1ccccc1OC(F)F)NCC1CCCN(Cc2cccs2)C1.I. The molecular formula is C21H29F2IN4OS. The molecular weight excluding hydrogens is 521 g/mol. The Morgan fingerprint density at radius 1 is 1.27 bits per heavy atom. The standard InChI is InChI=1S/C21H28F2N4OS.HI/c1-24-21(26-13-17-7-2-3-9-19(17)28-20(22)23)25-12-16-6-4-10-27(14-16)15-18-8-5-11-29-18;/h2-3,5,7-9,11,16,20H,4,6,10,12-15H2,1H3,(H2,24,25,26);1H. The number of hydrogen-bond acceptors (Lipinski definition) is 4. The Morgan fingerprint density at radius 3 is 2.83 bits per heavy atom. The van der Waals surface area contributed by atoms with Gasteiger partial charge in [-0.1, -0.05) is 24.3 Å². The summed E-state index contributed by atoms with van der Waals surface area (Å²) in [5, 5.41) is 8.69. The van der Waals surface area contributed by atoms with E-state index in [-0.39, 0.29) is 29.7 Å². The van der Waals surface area contributed by atoms with E-state index in [1.807, 2.05) is 0 Å². The summed E-state index contributed by atoms with van der Waals surface area (Å²) < 4.78 is 29.7. The van der Waals surface area contributed by atoms with E-state index in [9.17, 15) is 8.78 Å². The van der Waals surface area contributed by atoms with E-state index in [1.54, 1.807) is 42.6 Å². The van der Waals surface area contributed by atoms with E-state index in [4.69, 9.17) is 0 Å². The Hall–Kier alpha value is -1.46. The Morgan fingerprint density at radius 2 is 2.10 bits per heavy atom. The molecule has 0 radical (unpaired) electrons. The predicted molar refractivity (Wildman–Crippen MR) is 129 cm³/mol. The van der Waals surface area contributed by atoms with Crippen molar-refractivity contribution < 1.29 is 13.5 Å². The number of likely N-dealkylation sites (tertiary alicyclic amines) is 1. The largest absolute Gasteiger partial charge is 0.434 e. The zero-order valence-corrected chi connectivity index (χ0v) is 20.2. The van der Waals surface area contributed by atoms with Gasteiger partial charge in [0, 0.05) is 43.7 Å². The third-order valence-electron chi connectivity index (χ3n) is 4.98. The van der Waals surface area contributed by atoms with Crippen LogP contribution in [0.25, 0.3) is 0 Å². The molecule has 9 heteroatoms. The maximum absolute atomic E-state index is 12.6. The van der Waals surface area contributed by atoms with Crippen molar-refractivity contribution in [2.24, 2.45) is 10.9 Å². The summed E-state index contributed by atoms with van der Waals surface area (Å²) in [6.07, 6.45) is 2.39. The van der Waals surface area contributed by atoms with Crippen LogP contribution in [0.4, 0.5) is 8.78 Å². The summed E-state index contributed by atoms with van der Waals surface area (Å²) >= 11 is 1.81. The molecule has 166 valence electrons. The summed E-state index contributed by atoms with van der Waals surface area (Å²) in [5.41, 5.74) is 0.663. The molecule has 1 aromatic heterocycles. The van der Waals surface area contributed by atoms with Crippen molar-refractivity contribution in [1.29, 1.82) is 0 Å². The van der Waals surface area contributed by atoms with Gasteiger partial charge in [-0.3, -0.25) is 9.89 Å². The van der Waals surface area contributed by atoms with Crippen molar-refractivity contribution >= 4 is 41.3 Å². The average Bonchev–Trinajstić information content (AvgIpc) is 3.22. The minimum atomic E-state index is -2.84. The van der Waals surface area contributed by atoms with Crippen LogP contribution >= 0.6 is 35.3 Å². The van der Waals surface area contributed by atoms with Crippen molar-refractivity contribution in [3.8, 4) is 5.75 Å². The first-order valence-electron chi connectivity index (χ1n) is 9.86.